The fraction of sp³-hybridized carbons (Fsp3) is 0.192. The quantitative estimate of drug-likeness (QED) is 0.191. The van der Waals surface area contributed by atoms with E-state index >= 15 is 0 Å². The van der Waals surface area contributed by atoms with Crippen molar-refractivity contribution in [1.82, 2.24) is 10.3 Å². The molecule has 1 aliphatic rings. The first-order chi connectivity index (χ1) is 17.5. The van der Waals surface area contributed by atoms with Gasteiger partial charge in [0.1, 0.15) is 5.69 Å². The van der Waals surface area contributed by atoms with E-state index in [4.69, 9.17) is 12.2 Å². The molecule has 0 aliphatic carbocycles. The summed E-state index contributed by atoms with van der Waals surface area (Å²) in [5.41, 5.74) is 2.44. The fourth-order valence-electron chi connectivity index (χ4n) is 4.42. The van der Waals surface area contributed by atoms with E-state index in [-0.39, 0.29) is 16.4 Å². The molecule has 0 atom stereocenters. The maximum Gasteiger partial charge on any atom is 0.293 e. The minimum Gasteiger partial charge on any atom is -0.366 e. The number of hydrogen-bond donors (Lipinski definition) is 2. The number of nitrogens with zero attached hydrogens (tertiary/aromatic N) is 3. The Morgan fingerprint density at radius 1 is 1.06 bits per heavy atom. The highest BCUT2D eigenvalue weighted by Gasteiger charge is 2.23. The van der Waals surface area contributed by atoms with Crippen molar-refractivity contribution < 1.29 is 9.72 Å². The summed E-state index contributed by atoms with van der Waals surface area (Å²) in [5.74, 6) is -0.522. The van der Waals surface area contributed by atoms with Crippen LogP contribution >= 0.6 is 23.6 Å². The number of nitrogens with one attached hydrogen (secondary N) is 2. The van der Waals surface area contributed by atoms with Crippen molar-refractivity contribution in [3.05, 3.63) is 81.7 Å². The molecule has 1 fully saturated rings. The van der Waals surface area contributed by atoms with Crippen LogP contribution in [0.2, 0.25) is 0 Å². The molecular weight excluding hydrogens is 494 g/mol. The number of thiocarbonyl (C=S) groups is 1. The first-order valence-electron chi connectivity index (χ1n) is 11.6. The number of piperidine rings is 1. The molecule has 8 nitrogen and oxygen atoms in total. The van der Waals surface area contributed by atoms with E-state index in [1.54, 1.807) is 12.1 Å². The summed E-state index contributed by atoms with van der Waals surface area (Å²) in [6, 6.07) is 18.7. The summed E-state index contributed by atoms with van der Waals surface area (Å²) in [5, 5.41) is 22.0. The minimum absolute atomic E-state index is 0.0709. The van der Waals surface area contributed by atoms with Crippen LogP contribution in [-0.4, -0.2) is 34.0 Å². The second kappa shape index (κ2) is 10.4. The highest BCUT2D eigenvalue weighted by atomic mass is 32.1. The molecule has 0 radical (unpaired) electrons. The third-order valence-corrected chi connectivity index (χ3v) is 7.11. The largest absolute Gasteiger partial charge is 0.366 e. The van der Waals surface area contributed by atoms with Crippen molar-refractivity contribution >= 4 is 61.9 Å². The van der Waals surface area contributed by atoms with Gasteiger partial charge in [0.05, 0.1) is 10.6 Å². The Hall–Kier alpha value is -3.89. The van der Waals surface area contributed by atoms with Crippen LogP contribution in [0.25, 0.3) is 22.0 Å². The number of thiazole rings is 1. The predicted molar refractivity (Wildman–Crippen MR) is 148 cm³/mol. The lowest BCUT2D eigenvalue weighted by molar-refractivity contribution is -0.384. The van der Waals surface area contributed by atoms with Crippen molar-refractivity contribution in [2.24, 2.45) is 0 Å². The van der Waals surface area contributed by atoms with E-state index < -0.39 is 10.8 Å². The Morgan fingerprint density at radius 3 is 2.64 bits per heavy atom. The molecule has 5 rings (SSSR count). The Labute approximate surface area is 217 Å². The number of rotatable bonds is 5. The van der Waals surface area contributed by atoms with E-state index in [0.29, 0.717) is 10.8 Å². The average molecular weight is 518 g/mol. The Morgan fingerprint density at radius 2 is 1.83 bits per heavy atom. The van der Waals surface area contributed by atoms with Gasteiger partial charge in [0.25, 0.3) is 11.6 Å². The SMILES string of the molecule is O=C(NC(=S)Nc1nc(-c2cccc3ccccc23)cs1)c1ccc(N2CCCCC2)c([N+](=O)[O-])c1. The Balaban J connectivity index is 1.28. The van der Waals surface area contributed by atoms with Gasteiger partial charge in [0, 0.05) is 35.7 Å². The van der Waals surface area contributed by atoms with E-state index in [0.717, 1.165) is 54.4 Å². The Kier molecular flexibility index (Phi) is 6.88. The minimum atomic E-state index is -0.522. The summed E-state index contributed by atoms with van der Waals surface area (Å²) in [6.07, 6.45) is 3.12. The molecule has 182 valence electrons. The molecule has 0 saturated carbocycles. The lowest BCUT2D eigenvalue weighted by Crippen LogP contribution is -2.34. The average Bonchev–Trinajstić information content (AvgIpc) is 3.36. The third kappa shape index (κ3) is 5.05. The number of benzene rings is 3. The molecule has 2 heterocycles. The standard InChI is InChI=1S/C26H23N5O3S2/c32-24(18-11-12-22(23(15-18)31(33)34)30-13-4-1-5-14-30)28-25(35)29-26-27-21(16-36-26)20-10-6-8-17-7-2-3-9-19(17)20/h2-3,6-12,15-16H,1,4-5,13-14H2,(H2,27,28,29,32,35). The van der Waals surface area contributed by atoms with Gasteiger partial charge in [-0.3, -0.25) is 20.2 Å². The van der Waals surface area contributed by atoms with Gasteiger partial charge in [-0.1, -0.05) is 42.5 Å². The van der Waals surface area contributed by atoms with E-state index in [1.807, 2.05) is 34.5 Å². The summed E-state index contributed by atoms with van der Waals surface area (Å²) in [7, 11) is 0. The molecule has 36 heavy (non-hydrogen) atoms. The smallest absolute Gasteiger partial charge is 0.293 e. The van der Waals surface area contributed by atoms with Gasteiger partial charge < -0.3 is 10.2 Å². The fourth-order valence-corrected chi connectivity index (χ4v) is 5.39. The molecule has 1 aliphatic heterocycles. The van der Waals surface area contributed by atoms with Gasteiger partial charge in [-0.2, -0.15) is 0 Å². The monoisotopic (exact) mass is 517 g/mol. The van der Waals surface area contributed by atoms with Crippen LogP contribution in [0.3, 0.4) is 0 Å². The second-order valence-corrected chi connectivity index (χ2v) is 9.75. The Bertz CT molecular complexity index is 1460. The maximum absolute atomic E-state index is 12.8. The van der Waals surface area contributed by atoms with Crippen molar-refractivity contribution in [1.29, 1.82) is 0 Å². The first kappa shape index (κ1) is 23.8. The molecule has 0 spiro atoms. The summed E-state index contributed by atoms with van der Waals surface area (Å²) in [6.45, 7) is 1.55. The molecule has 2 N–H and O–H groups in total. The number of fused-ring (bicyclic) bond motifs is 1. The number of aromatic nitrogens is 1. The van der Waals surface area contributed by atoms with Gasteiger partial charge in [-0.05, 0) is 54.4 Å². The van der Waals surface area contributed by atoms with Gasteiger partial charge in [-0.15, -0.1) is 11.3 Å². The maximum atomic E-state index is 12.8. The zero-order valence-corrected chi connectivity index (χ0v) is 20.9. The van der Waals surface area contributed by atoms with E-state index in [2.05, 4.69) is 33.8 Å². The third-order valence-electron chi connectivity index (χ3n) is 6.15. The van der Waals surface area contributed by atoms with Gasteiger partial charge in [-0.25, -0.2) is 4.98 Å². The molecule has 1 saturated heterocycles. The number of amides is 1. The van der Waals surface area contributed by atoms with Crippen LogP contribution in [0, 0.1) is 10.1 Å². The van der Waals surface area contributed by atoms with Gasteiger partial charge in [0.2, 0.25) is 0 Å². The molecule has 10 heteroatoms. The van der Waals surface area contributed by atoms with Gasteiger partial charge in [0.15, 0.2) is 10.2 Å². The van der Waals surface area contributed by atoms with Crippen molar-refractivity contribution in [2.75, 3.05) is 23.3 Å². The van der Waals surface area contributed by atoms with E-state index in [1.165, 1.54) is 17.4 Å². The van der Waals surface area contributed by atoms with E-state index in [9.17, 15) is 14.9 Å². The normalized spacial score (nSPS) is 13.4. The molecule has 0 unspecified atom stereocenters. The number of carbonyl (C=O) groups excluding carboxylic acids is 1. The summed E-state index contributed by atoms with van der Waals surface area (Å²) in [4.78, 5) is 30.7. The molecule has 0 bridgehead atoms. The van der Waals surface area contributed by atoms with Crippen LogP contribution in [0.1, 0.15) is 29.6 Å². The highest BCUT2D eigenvalue weighted by Crippen LogP contribution is 2.32. The molecule has 3 aromatic carbocycles. The molecular formula is C26H23N5O3S2. The van der Waals surface area contributed by atoms with Crippen LogP contribution in [0.4, 0.5) is 16.5 Å². The second-order valence-electron chi connectivity index (χ2n) is 8.48. The molecule has 1 aromatic heterocycles. The van der Waals surface area contributed by atoms with Crippen LogP contribution in [0.5, 0.6) is 0 Å². The first-order valence-corrected chi connectivity index (χ1v) is 12.9. The highest BCUT2D eigenvalue weighted by molar-refractivity contribution is 7.80. The van der Waals surface area contributed by atoms with Crippen LogP contribution in [0.15, 0.2) is 66.0 Å². The molecule has 1 amide bonds. The predicted octanol–water partition coefficient (Wildman–Crippen LogP) is 5.99. The zero-order chi connectivity index (χ0) is 25.1. The lowest BCUT2D eigenvalue weighted by atomic mass is 10.0. The topological polar surface area (TPSA) is 100 Å². The summed E-state index contributed by atoms with van der Waals surface area (Å²) >= 11 is 6.68. The number of nitro benzene ring substituents is 1. The van der Waals surface area contributed by atoms with Crippen molar-refractivity contribution in [3.63, 3.8) is 0 Å². The number of carbonyl (C=O) groups is 1. The lowest BCUT2D eigenvalue weighted by Gasteiger charge is -2.28. The van der Waals surface area contributed by atoms with Crippen molar-refractivity contribution in [3.8, 4) is 11.3 Å². The van der Waals surface area contributed by atoms with Crippen molar-refractivity contribution in [2.45, 2.75) is 19.3 Å². The van der Waals surface area contributed by atoms with Crippen LogP contribution < -0.4 is 15.5 Å². The number of anilines is 2. The summed E-state index contributed by atoms with van der Waals surface area (Å²) < 4.78 is 0. The van der Waals surface area contributed by atoms with Gasteiger partial charge >= 0.3 is 0 Å². The molecule has 4 aromatic rings. The zero-order valence-electron chi connectivity index (χ0n) is 19.3. The number of hydrogen-bond acceptors (Lipinski definition) is 7. The van der Waals surface area contributed by atoms with Crippen LogP contribution in [-0.2, 0) is 0 Å². The number of nitro groups is 1.